The Morgan fingerprint density at radius 1 is 0.971 bits per heavy atom. The van der Waals surface area contributed by atoms with E-state index in [1.165, 1.54) is 0 Å². The third kappa shape index (κ3) is 5.26. The maximum absolute atomic E-state index is 13.2. The lowest BCUT2D eigenvalue weighted by Crippen LogP contribution is -2.31. The minimum Gasteiger partial charge on any atom is -0.496 e. The second kappa shape index (κ2) is 10.4. The van der Waals surface area contributed by atoms with Crippen LogP contribution >= 0.6 is 0 Å². The van der Waals surface area contributed by atoms with Gasteiger partial charge in [-0.25, -0.2) is 17.9 Å². The Kier molecular flexibility index (Phi) is 7.28. The molecule has 4 rings (SSSR count). The van der Waals surface area contributed by atoms with Crippen LogP contribution in [-0.2, 0) is 21.2 Å². The highest BCUT2D eigenvalue weighted by Crippen LogP contribution is 2.39. The molecule has 0 saturated carbocycles. The summed E-state index contributed by atoms with van der Waals surface area (Å²) in [5, 5.41) is 8.93. The Labute approximate surface area is 204 Å². The van der Waals surface area contributed by atoms with Crippen LogP contribution in [-0.4, -0.2) is 40.3 Å². The van der Waals surface area contributed by atoms with Crippen LogP contribution in [0.15, 0.2) is 65.6 Å². The lowest BCUT2D eigenvalue weighted by Gasteiger charge is -2.27. The molecular weight excluding hydrogens is 470 g/mol. The van der Waals surface area contributed by atoms with Crippen LogP contribution in [0.25, 0.3) is 11.1 Å². The van der Waals surface area contributed by atoms with Crippen LogP contribution in [0.5, 0.6) is 17.2 Å². The summed E-state index contributed by atoms with van der Waals surface area (Å²) in [5.41, 5.74) is 3.15. The second-order valence-corrected chi connectivity index (χ2v) is 9.85. The van der Waals surface area contributed by atoms with E-state index in [2.05, 4.69) is 4.72 Å². The van der Waals surface area contributed by atoms with Crippen molar-refractivity contribution < 1.29 is 32.5 Å². The fraction of sp³-hybridized carbons (Fsp3) is 0.269. The van der Waals surface area contributed by atoms with E-state index in [1.807, 2.05) is 24.3 Å². The molecule has 9 heteroatoms. The molecule has 0 aromatic heterocycles. The number of carboxylic acid groups (broad SMARTS) is 1. The summed E-state index contributed by atoms with van der Waals surface area (Å²) in [7, 11) is -0.678. The van der Waals surface area contributed by atoms with Crippen LogP contribution in [0.4, 0.5) is 0 Å². The first-order valence-electron chi connectivity index (χ1n) is 11.1. The first-order chi connectivity index (χ1) is 16.8. The van der Waals surface area contributed by atoms with Crippen molar-refractivity contribution in [1.82, 2.24) is 4.72 Å². The van der Waals surface area contributed by atoms with E-state index in [1.54, 1.807) is 50.6 Å². The highest BCUT2D eigenvalue weighted by molar-refractivity contribution is 7.89. The number of hydrogen-bond acceptors (Lipinski definition) is 6. The van der Waals surface area contributed by atoms with Crippen LogP contribution in [0, 0.1) is 0 Å². The third-order valence-electron chi connectivity index (χ3n) is 5.99. The summed E-state index contributed by atoms with van der Waals surface area (Å²) in [6.45, 7) is -0.448. The predicted molar refractivity (Wildman–Crippen MR) is 131 cm³/mol. The van der Waals surface area contributed by atoms with Gasteiger partial charge < -0.3 is 19.3 Å². The fourth-order valence-electron chi connectivity index (χ4n) is 4.40. The number of carboxylic acids is 1. The molecule has 0 bridgehead atoms. The number of carbonyl (C=O) groups is 1. The van der Waals surface area contributed by atoms with E-state index < -0.39 is 28.6 Å². The molecule has 35 heavy (non-hydrogen) atoms. The van der Waals surface area contributed by atoms with Crippen molar-refractivity contribution in [3.63, 3.8) is 0 Å². The quantitative estimate of drug-likeness (QED) is 0.456. The summed E-state index contributed by atoms with van der Waals surface area (Å²) >= 11 is 0. The molecule has 0 aliphatic heterocycles. The van der Waals surface area contributed by atoms with Gasteiger partial charge in [0.15, 0.2) is 6.61 Å². The molecule has 184 valence electrons. The van der Waals surface area contributed by atoms with E-state index in [4.69, 9.17) is 19.3 Å². The topological polar surface area (TPSA) is 111 Å². The molecule has 0 spiro atoms. The summed E-state index contributed by atoms with van der Waals surface area (Å²) in [4.78, 5) is 11.0. The maximum atomic E-state index is 13.2. The van der Waals surface area contributed by atoms with E-state index in [0.717, 1.165) is 28.7 Å². The number of fused-ring (bicyclic) bond motifs is 1. The van der Waals surface area contributed by atoms with E-state index in [-0.39, 0.29) is 4.90 Å². The highest BCUT2D eigenvalue weighted by Gasteiger charge is 2.28. The zero-order chi connectivity index (χ0) is 25.0. The summed E-state index contributed by atoms with van der Waals surface area (Å²) < 4.78 is 45.6. The molecule has 2 N–H and O–H groups in total. The lowest BCUT2D eigenvalue weighted by molar-refractivity contribution is -0.139. The Balaban J connectivity index is 1.59. The number of ether oxygens (including phenoxy) is 3. The number of methoxy groups -OCH3 is 2. The SMILES string of the molecule is COc1cccc(OC)c1-c1ccc(S(=O)(=O)NC2CCCc3c(OCC(=O)O)cccc32)cc1. The van der Waals surface area contributed by atoms with Gasteiger partial charge in [-0.15, -0.1) is 0 Å². The number of benzene rings is 3. The molecule has 8 nitrogen and oxygen atoms in total. The minimum atomic E-state index is -3.82. The first-order valence-corrected chi connectivity index (χ1v) is 12.6. The second-order valence-electron chi connectivity index (χ2n) is 8.13. The largest absolute Gasteiger partial charge is 0.496 e. The van der Waals surface area contributed by atoms with E-state index in [0.29, 0.717) is 30.1 Å². The van der Waals surface area contributed by atoms with Crippen molar-refractivity contribution in [2.75, 3.05) is 20.8 Å². The number of nitrogens with one attached hydrogen (secondary N) is 1. The number of hydrogen-bond donors (Lipinski definition) is 2. The molecule has 0 fully saturated rings. The van der Waals surface area contributed by atoms with Gasteiger partial charge in [0.25, 0.3) is 0 Å². The Hall–Kier alpha value is -3.56. The molecule has 0 amide bonds. The molecule has 0 saturated heterocycles. The van der Waals surface area contributed by atoms with Crippen molar-refractivity contribution in [1.29, 1.82) is 0 Å². The average molecular weight is 498 g/mol. The Morgan fingerprint density at radius 3 is 2.23 bits per heavy atom. The molecular formula is C26H27NO7S. The van der Waals surface area contributed by atoms with Crippen LogP contribution in [0.2, 0.25) is 0 Å². The van der Waals surface area contributed by atoms with E-state index >= 15 is 0 Å². The molecule has 1 aliphatic rings. The standard InChI is InChI=1S/C26H27NO7S/c1-32-23-10-5-11-24(33-2)26(23)17-12-14-18(15-13-17)35(30,31)27-21-8-3-7-20-19(21)6-4-9-22(20)34-16-25(28)29/h4-6,9-15,21,27H,3,7-8,16H2,1-2H3,(H,28,29). The van der Waals surface area contributed by atoms with Gasteiger partial charge in [-0.05, 0) is 66.3 Å². The Bertz CT molecular complexity index is 1300. The molecule has 3 aromatic carbocycles. The number of rotatable bonds is 9. The van der Waals surface area contributed by atoms with Gasteiger partial charge in [0.05, 0.1) is 24.7 Å². The third-order valence-corrected chi connectivity index (χ3v) is 7.48. The predicted octanol–water partition coefficient (Wildman–Crippen LogP) is 4.19. The zero-order valence-electron chi connectivity index (χ0n) is 19.5. The van der Waals surface area contributed by atoms with Crippen LogP contribution in [0.1, 0.15) is 30.0 Å². The number of sulfonamides is 1. The van der Waals surface area contributed by atoms with Crippen molar-refractivity contribution in [2.24, 2.45) is 0 Å². The molecule has 1 unspecified atom stereocenters. The minimum absolute atomic E-state index is 0.139. The zero-order valence-corrected chi connectivity index (χ0v) is 20.3. The van der Waals surface area contributed by atoms with Gasteiger partial charge in [-0.3, -0.25) is 0 Å². The number of aliphatic carboxylic acids is 1. The monoisotopic (exact) mass is 497 g/mol. The molecule has 0 radical (unpaired) electrons. The van der Waals surface area contributed by atoms with E-state index in [9.17, 15) is 13.2 Å². The smallest absolute Gasteiger partial charge is 0.341 e. The van der Waals surface area contributed by atoms with Crippen LogP contribution < -0.4 is 18.9 Å². The molecule has 1 atom stereocenters. The summed E-state index contributed by atoms with van der Waals surface area (Å²) in [5.74, 6) is 0.657. The van der Waals surface area contributed by atoms with Crippen LogP contribution in [0.3, 0.4) is 0 Å². The molecule has 3 aromatic rings. The van der Waals surface area contributed by atoms with Crippen molar-refractivity contribution >= 4 is 16.0 Å². The van der Waals surface area contributed by atoms with Crippen molar-refractivity contribution in [2.45, 2.75) is 30.2 Å². The van der Waals surface area contributed by atoms with Gasteiger partial charge in [0, 0.05) is 6.04 Å². The lowest BCUT2D eigenvalue weighted by atomic mass is 9.87. The van der Waals surface area contributed by atoms with Gasteiger partial charge in [0.1, 0.15) is 17.2 Å². The van der Waals surface area contributed by atoms with Gasteiger partial charge in [0.2, 0.25) is 10.0 Å². The van der Waals surface area contributed by atoms with Gasteiger partial charge in [-0.1, -0.05) is 30.3 Å². The Morgan fingerprint density at radius 2 is 1.60 bits per heavy atom. The normalized spacial score (nSPS) is 15.2. The first kappa shape index (κ1) is 24.6. The maximum Gasteiger partial charge on any atom is 0.341 e. The average Bonchev–Trinajstić information content (AvgIpc) is 2.87. The summed E-state index contributed by atoms with van der Waals surface area (Å²) in [6, 6.07) is 16.9. The fourth-order valence-corrected chi connectivity index (χ4v) is 5.65. The highest BCUT2D eigenvalue weighted by atomic mass is 32.2. The van der Waals surface area contributed by atoms with Gasteiger partial charge >= 0.3 is 5.97 Å². The summed E-state index contributed by atoms with van der Waals surface area (Å²) in [6.07, 6.45) is 2.07. The molecule has 0 heterocycles. The van der Waals surface area contributed by atoms with Gasteiger partial charge in [-0.2, -0.15) is 0 Å². The molecule has 1 aliphatic carbocycles. The van der Waals surface area contributed by atoms with Crippen molar-refractivity contribution in [3.05, 3.63) is 71.8 Å². The van der Waals surface area contributed by atoms with Crippen molar-refractivity contribution in [3.8, 4) is 28.4 Å².